The molecule has 0 bridgehead atoms. The van der Waals surface area contributed by atoms with Crippen LogP contribution in [-0.4, -0.2) is 208 Å². The van der Waals surface area contributed by atoms with E-state index in [0.29, 0.717) is 0 Å². The van der Waals surface area contributed by atoms with Crippen molar-refractivity contribution in [3.8, 4) is 0 Å². The predicted molar refractivity (Wildman–Crippen MR) is 243 cm³/mol. The van der Waals surface area contributed by atoms with Crippen LogP contribution in [0.1, 0.15) is 25.7 Å². The average Bonchev–Trinajstić information content (AvgIpc) is 3.38. The van der Waals surface area contributed by atoms with Crippen LogP contribution in [0.25, 0.3) is 0 Å². The summed E-state index contributed by atoms with van der Waals surface area (Å²) in [4.78, 5) is 159. The minimum Gasteiger partial charge on any atom is -0.381 e. The van der Waals surface area contributed by atoms with Gasteiger partial charge in [-0.05, 0) is 0 Å². The van der Waals surface area contributed by atoms with Crippen LogP contribution in [0.3, 0.4) is 0 Å². The van der Waals surface area contributed by atoms with Crippen LogP contribution in [0.15, 0.2) is 0 Å². The maximum Gasteiger partial charge on any atom is 0.245 e. The van der Waals surface area contributed by atoms with Gasteiger partial charge in [-0.3, -0.25) is 57.5 Å². The molecule has 0 saturated heterocycles. The molecule has 0 aliphatic carbocycles. The lowest BCUT2D eigenvalue weighted by atomic mass is 9.81. The Hall–Kier alpha value is -6.52. The van der Waals surface area contributed by atoms with E-state index in [0.717, 1.165) is 0 Å². The molecule has 0 radical (unpaired) electrons. The highest BCUT2D eigenvalue weighted by molar-refractivity contribution is 6.24. The highest BCUT2D eigenvalue weighted by atomic mass is 16.5. The van der Waals surface area contributed by atoms with Gasteiger partial charge in [0, 0.05) is 137 Å². The SMILES string of the molecule is CNC(=O)C(CCOCC(COCCC(C(=O)NC)(C(=O)NC)C(=O)NC)(COCCC(C(=O)NC)(C(=O)NC)C(=O)NC)COCCC(C(=O)NC)(C(=O)NC)C(=O)NC)(C(=O)NC)C(=O)NC. The normalized spacial score (nSPS) is 11.7. The zero-order chi connectivity index (χ0) is 53.2. The van der Waals surface area contributed by atoms with Crippen molar-refractivity contribution in [2.45, 2.75) is 25.7 Å². The summed E-state index contributed by atoms with van der Waals surface area (Å²) >= 11 is 0. The Kier molecular flexibility index (Phi) is 26.6. The van der Waals surface area contributed by atoms with Gasteiger partial charge in [0.1, 0.15) is 0 Å². The van der Waals surface area contributed by atoms with Crippen molar-refractivity contribution in [3.05, 3.63) is 0 Å². The average molecular weight is 989 g/mol. The number of carbonyl (C=O) groups excluding carboxylic acids is 12. The van der Waals surface area contributed by atoms with Crippen LogP contribution < -0.4 is 63.8 Å². The van der Waals surface area contributed by atoms with Gasteiger partial charge in [0.15, 0.2) is 0 Å². The Balaban J connectivity index is 7.71. The van der Waals surface area contributed by atoms with Crippen molar-refractivity contribution >= 4 is 70.9 Å². The van der Waals surface area contributed by atoms with Crippen molar-refractivity contribution in [1.82, 2.24) is 63.8 Å². The lowest BCUT2D eigenvalue weighted by molar-refractivity contribution is -0.155. The molecular formula is C41H72N12O16. The zero-order valence-corrected chi connectivity index (χ0v) is 41.5. The molecule has 12 N–H and O–H groups in total. The Morgan fingerprint density at radius 3 is 0.464 bits per heavy atom. The van der Waals surface area contributed by atoms with E-state index in [9.17, 15) is 57.5 Å². The molecule has 28 heteroatoms. The van der Waals surface area contributed by atoms with Gasteiger partial charge in [-0.1, -0.05) is 0 Å². The monoisotopic (exact) mass is 989 g/mol. The third-order valence-electron chi connectivity index (χ3n) is 11.5. The topological polar surface area (TPSA) is 386 Å². The first-order chi connectivity index (χ1) is 32.6. The smallest absolute Gasteiger partial charge is 0.245 e. The minimum absolute atomic E-state index is 0.497. The molecule has 0 heterocycles. The summed E-state index contributed by atoms with van der Waals surface area (Å²) in [5, 5.41) is 27.7. The molecule has 28 nitrogen and oxygen atoms in total. The van der Waals surface area contributed by atoms with E-state index in [1.54, 1.807) is 0 Å². The van der Waals surface area contributed by atoms with Crippen molar-refractivity contribution < 1.29 is 76.5 Å². The molecule has 0 spiro atoms. The Bertz CT molecular complexity index is 1440. The minimum atomic E-state index is -2.35. The molecule has 0 saturated carbocycles. The zero-order valence-electron chi connectivity index (χ0n) is 41.5. The predicted octanol–water partition coefficient (Wildman–Crippen LogP) is -7.50. The first kappa shape index (κ1) is 62.5. The molecule has 0 unspecified atom stereocenters. The van der Waals surface area contributed by atoms with Gasteiger partial charge in [0.25, 0.3) is 0 Å². The summed E-state index contributed by atoms with van der Waals surface area (Å²) in [6.45, 7) is -4.04. The van der Waals surface area contributed by atoms with E-state index in [4.69, 9.17) is 18.9 Å². The van der Waals surface area contributed by atoms with E-state index in [1.807, 2.05) is 0 Å². The Morgan fingerprint density at radius 2 is 0.362 bits per heavy atom. The van der Waals surface area contributed by atoms with Crippen LogP contribution in [0.4, 0.5) is 0 Å². The second kappa shape index (κ2) is 29.4. The molecule has 0 rings (SSSR count). The van der Waals surface area contributed by atoms with Crippen molar-refractivity contribution in [1.29, 1.82) is 0 Å². The lowest BCUT2D eigenvalue weighted by Crippen LogP contribution is -2.59. The summed E-state index contributed by atoms with van der Waals surface area (Å²) in [5.41, 5.74) is -11.0. The van der Waals surface area contributed by atoms with Gasteiger partial charge in [0.05, 0.1) is 31.8 Å². The van der Waals surface area contributed by atoms with E-state index in [2.05, 4.69) is 63.8 Å². The van der Waals surface area contributed by atoms with E-state index in [1.165, 1.54) is 84.6 Å². The Morgan fingerprint density at radius 1 is 0.246 bits per heavy atom. The summed E-state index contributed by atoms with van der Waals surface area (Å²) in [6.07, 6.45) is -2.18. The molecule has 69 heavy (non-hydrogen) atoms. The quantitative estimate of drug-likeness (QED) is 0.0220. The second-order valence-electron chi connectivity index (χ2n) is 15.3. The second-order valence-corrected chi connectivity index (χ2v) is 15.3. The number of ether oxygens (including phenoxy) is 4. The van der Waals surface area contributed by atoms with Crippen LogP contribution in [0, 0.1) is 27.1 Å². The fraction of sp³-hybridized carbons (Fsp3) is 0.707. The fourth-order valence-electron chi connectivity index (χ4n) is 7.47. The maximum absolute atomic E-state index is 13.2. The molecule has 0 aromatic rings. The van der Waals surface area contributed by atoms with Gasteiger partial charge in [-0.2, -0.15) is 0 Å². The third kappa shape index (κ3) is 13.8. The number of nitrogens with one attached hydrogen (secondary N) is 12. The molecule has 0 atom stereocenters. The molecule has 0 aliphatic heterocycles. The van der Waals surface area contributed by atoms with Crippen molar-refractivity contribution in [2.75, 3.05) is 137 Å². The largest absolute Gasteiger partial charge is 0.381 e. The first-order valence-corrected chi connectivity index (χ1v) is 21.6. The standard InChI is InChI=1S/C41H72N12O16/c1-42-25(54)38(26(55)43-2,27(56)44-3)13-17-66-21-37(22-67-18-14-39(28(57)45-4,29(58)46-5)30(59)47-6,23-68-19-15-40(31(60)48-7,32(61)49-8)33(62)50-9)24-69-20-16-41(34(63)51-10,35(64)52-11)36(65)53-12/h13-24H2,1-12H3,(H,42,54)(H,43,55)(H,44,56)(H,45,57)(H,46,58)(H,47,59)(H,48,60)(H,49,61)(H,50,62)(H,51,63)(H,52,64)(H,53,65). The molecular weight excluding hydrogens is 917 g/mol. The molecule has 0 aromatic heterocycles. The molecule has 12 amide bonds. The van der Waals surface area contributed by atoms with Crippen molar-refractivity contribution in [3.63, 3.8) is 0 Å². The highest BCUT2D eigenvalue weighted by Crippen LogP contribution is 2.30. The number of carbonyl (C=O) groups is 12. The van der Waals surface area contributed by atoms with Gasteiger partial charge < -0.3 is 82.7 Å². The summed E-state index contributed by atoms with van der Waals surface area (Å²) in [6, 6.07) is 0. The van der Waals surface area contributed by atoms with Crippen LogP contribution in [0.5, 0.6) is 0 Å². The lowest BCUT2D eigenvalue weighted by Gasteiger charge is -2.35. The molecule has 0 aliphatic rings. The fourth-order valence-corrected chi connectivity index (χ4v) is 7.47. The summed E-state index contributed by atoms with van der Waals surface area (Å²) in [5.74, 6) is -11.7. The van der Waals surface area contributed by atoms with E-state index < -0.39 is 176 Å². The van der Waals surface area contributed by atoms with Crippen LogP contribution in [-0.2, 0) is 76.5 Å². The van der Waals surface area contributed by atoms with Gasteiger partial charge in [-0.15, -0.1) is 0 Å². The van der Waals surface area contributed by atoms with E-state index in [-0.39, 0.29) is 0 Å². The third-order valence-corrected chi connectivity index (χ3v) is 11.5. The highest BCUT2D eigenvalue weighted by Gasteiger charge is 2.55. The summed E-state index contributed by atoms with van der Waals surface area (Å²) in [7, 11) is 14.6. The number of amides is 12. The molecule has 0 aromatic carbocycles. The number of hydrogen-bond acceptors (Lipinski definition) is 16. The van der Waals surface area contributed by atoms with Gasteiger partial charge in [0.2, 0.25) is 92.5 Å². The van der Waals surface area contributed by atoms with Crippen LogP contribution in [0.2, 0.25) is 0 Å². The summed E-state index contributed by atoms with van der Waals surface area (Å²) < 4.78 is 24.3. The molecule has 0 fully saturated rings. The maximum atomic E-state index is 13.2. The number of hydrogen-bond donors (Lipinski definition) is 12. The van der Waals surface area contributed by atoms with E-state index >= 15 is 0 Å². The first-order valence-electron chi connectivity index (χ1n) is 21.6. The van der Waals surface area contributed by atoms with Gasteiger partial charge in [-0.25, -0.2) is 0 Å². The van der Waals surface area contributed by atoms with Crippen molar-refractivity contribution in [2.24, 2.45) is 27.1 Å². The van der Waals surface area contributed by atoms with Crippen LogP contribution >= 0.6 is 0 Å². The van der Waals surface area contributed by atoms with Gasteiger partial charge >= 0.3 is 0 Å². The Labute approximate surface area is 400 Å². The molecule has 392 valence electrons. The number of rotatable bonds is 32.